The molecule has 168 valence electrons. The van der Waals surface area contributed by atoms with Gasteiger partial charge in [-0.15, -0.1) is 0 Å². The van der Waals surface area contributed by atoms with Crippen molar-refractivity contribution in [3.8, 4) is 0 Å². The second-order valence-electron chi connectivity index (χ2n) is 8.83. The fraction of sp³-hybridized carbons (Fsp3) is 0.423. The van der Waals surface area contributed by atoms with E-state index in [1.54, 1.807) is 41.3 Å². The summed E-state index contributed by atoms with van der Waals surface area (Å²) in [5.74, 6) is -0.305. The van der Waals surface area contributed by atoms with E-state index in [9.17, 15) is 14.4 Å². The number of rotatable bonds is 5. The minimum atomic E-state index is -0.187. The molecule has 2 fully saturated rings. The van der Waals surface area contributed by atoms with Crippen LogP contribution < -0.4 is 10.6 Å². The number of amides is 3. The highest BCUT2D eigenvalue weighted by Gasteiger charge is 2.30. The molecule has 2 N–H and O–H groups in total. The molecule has 0 aromatic heterocycles. The molecule has 6 nitrogen and oxygen atoms in total. The number of hydrogen-bond acceptors (Lipinski definition) is 3. The molecule has 3 amide bonds. The van der Waals surface area contributed by atoms with Gasteiger partial charge in [-0.05, 0) is 62.1 Å². The van der Waals surface area contributed by atoms with Crippen molar-refractivity contribution in [3.05, 3.63) is 65.7 Å². The average Bonchev–Trinajstić information content (AvgIpc) is 2.85. The summed E-state index contributed by atoms with van der Waals surface area (Å²) in [6.45, 7) is 1.13. The predicted octanol–water partition coefficient (Wildman–Crippen LogP) is 4.24. The van der Waals surface area contributed by atoms with Gasteiger partial charge < -0.3 is 15.5 Å². The van der Waals surface area contributed by atoms with Crippen LogP contribution in [0.1, 0.15) is 65.7 Å². The van der Waals surface area contributed by atoms with E-state index in [-0.39, 0.29) is 23.6 Å². The Bertz CT molecular complexity index is 937. The maximum Gasteiger partial charge on any atom is 0.255 e. The van der Waals surface area contributed by atoms with Crippen LogP contribution in [0.2, 0.25) is 0 Å². The number of benzene rings is 2. The van der Waals surface area contributed by atoms with Gasteiger partial charge in [0.25, 0.3) is 11.8 Å². The number of nitrogens with zero attached hydrogens (tertiary/aromatic N) is 1. The first-order chi connectivity index (χ1) is 15.6. The molecule has 1 atom stereocenters. The van der Waals surface area contributed by atoms with E-state index in [2.05, 4.69) is 10.6 Å². The summed E-state index contributed by atoms with van der Waals surface area (Å²) in [5.41, 5.74) is 1.79. The van der Waals surface area contributed by atoms with Crippen molar-refractivity contribution >= 4 is 23.4 Å². The first kappa shape index (κ1) is 22.1. The minimum Gasteiger partial charge on any atom is -0.353 e. The fourth-order valence-electron chi connectivity index (χ4n) is 4.61. The molecule has 0 spiro atoms. The number of carbonyl (C=O) groups is 3. The van der Waals surface area contributed by atoms with E-state index in [0.29, 0.717) is 35.9 Å². The number of piperidine rings is 1. The van der Waals surface area contributed by atoms with Gasteiger partial charge >= 0.3 is 0 Å². The Morgan fingerprint density at radius 1 is 0.781 bits per heavy atom. The van der Waals surface area contributed by atoms with Crippen molar-refractivity contribution in [1.82, 2.24) is 10.2 Å². The first-order valence-electron chi connectivity index (χ1n) is 11.7. The Balaban J connectivity index is 1.33. The maximum atomic E-state index is 13.0. The van der Waals surface area contributed by atoms with Gasteiger partial charge in [0.15, 0.2) is 0 Å². The molecule has 1 saturated heterocycles. The Labute approximate surface area is 189 Å². The van der Waals surface area contributed by atoms with Crippen LogP contribution in [-0.4, -0.2) is 41.8 Å². The van der Waals surface area contributed by atoms with Gasteiger partial charge in [-0.1, -0.05) is 37.5 Å². The van der Waals surface area contributed by atoms with E-state index in [1.165, 1.54) is 19.3 Å². The molecule has 32 heavy (non-hydrogen) atoms. The molecule has 1 heterocycles. The summed E-state index contributed by atoms with van der Waals surface area (Å²) in [6, 6.07) is 16.2. The molecule has 4 rings (SSSR count). The number of carbonyl (C=O) groups excluding carboxylic acids is 3. The van der Waals surface area contributed by atoms with Crippen LogP contribution >= 0.6 is 0 Å². The van der Waals surface area contributed by atoms with Crippen molar-refractivity contribution < 1.29 is 14.4 Å². The van der Waals surface area contributed by atoms with Crippen molar-refractivity contribution in [2.75, 3.05) is 18.4 Å². The van der Waals surface area contributed by atoms with E-state index in [0.717, 1.165) is 25.7 Å². The number of likely N-dealkylation sites (tertiary alicyclic amines) is 1. The molecule has 2 aromatic rings. The zero-order valence-electron chi connectivity index (χ0n) is 18.4. The van der Waals surface area contributed by atoms with E-state index in [1.807, 2.05) is 18.2 Å². The van der Waals surface area contributed by atoms with Crippen molar-refractivity contribution in [1.29, 1.82) is 0 Å². The van der Waals surface area contributed by atoms with Gasteiger partial charge in [-0.2, -0.15) is 0 Å². The van der Waals surface area contributed by atoms with Crippen LogP contribution in [0, 0.1) is 5.92 Å². The molecule has 0 radical (unpaired) electrons. The van der Waals surface area contributed by atoms with Crippen LogP contribution in [0.3, 0.4) is 0 Å². The Morgan fingerprint density at radius 3 is 2.22 bits per heavy atom. The zero-order chi connectivity index (χ0) is 22.3. The van der Waals surface area contributed by atoms with Gasteiger partial charge in [0.1, 0.15) is 0 Å². The normalized spacial score (nSPS) is 19.2. The van der Waals surface area contributed by atoms with Crippen LogP contribution in [-0.2, 0) is 4.79 Å². The van der Waals surface area contributed by atoms with Gasteiger partial charge in [0.05, 0.1) is 5.92 Å². The summed E-state index contributed by atoms with van der Waals surface area (Å²) >= 11 is 0. The average molecular weight is 434 g/mol. The molecule has 1 aliphatic heterocycles. The van der Waals surface area contributed by atoms with Gasteiger partial charge in [-0.25, -0.2) is 0 Å². The third-order valence-corrected chi connectivity index (χ3v) is 6.46. The molecule has 2 aromatic carbocycles. The summed E-state index contributed by atoms with van der Waals surface area (Å²) < 4.78 is 0. The lowest BCUT2D eigenvalue weighted by Gasteiger charge is -2.33. The molecule has 1 aliphatic carbocycles. The van der Waals surface area contributed by atoms with Crippen molar-refractivity contribution in [2.45, 2.75) is 51.0 Å². The van der Waals surface area contributed by atoms with Crippen LogP contribution in [0.15, 0.2) is 54.6 Å². The summed E-state index contributed by atoms with van der Waals surface area (Å²) in [7, 11) is 0. The molecule has 2 aliphatic rings. The zero-order valence-corrected chi connectivity index (χ0v) is 18.4. The first-order valence-corrected chi connectivity index (χ1v) is 11.7. The minimum absolute atomic E-state index is 0.0684. The number of hydrogen-bond donors (Lipinski definition) is 2. The van der Waals surface area contributed by atoms with Gasteiger partial charge in [-0.3, -0.25) is 14.4 Å². The molecule has 1 saturated carbocycles. The number of anilines is 1. The fourth-order valence-corrected chi connectivity index (χ4v) is 4.61. The highest BCUT2D eigenvalue weighted by molar-refractivity contribution is 6.04. The summed E-state index contributed by atoms with van der Waals surface area (Å²) in [5, 5.41) is 6.06. The maximum absolute atomic E-state index is 13.0. The lowest BCUT2D eigenvalue weighted by atomic mass is 9.92. The van der Waals surface area contributed by atoms with Crippen LogP contribution in [0.25, 0.3) is 0 Å². The highest BCUT2D eigenvalue weighted by Crippen LogP contribution is 2.22. The Hall–Kier alpha value is -3.15. The summed E-state index contributed by atoms with van der Waals surface area (Å²) in [6.07, 6.45) is 7.41. The van der Waals surface area contributed by atoms with Crippen LogP contribution in [0.5, 0.6) is 0 Å². The molecular formula is C26H31N3O3. The number of nitrogens with one attached hydrogen (secondary N) is 2. The second-order valence-corrected chi connectivity index (χ2v) is 8.83. The largest absolute Gasteiger partial charge is 0.353 e. The Morgan fingerprint density at radius 2 is 1.50 bits per heavy atom. The smallest absolute Gasteiger partial charge is 0.255 e. The monoisotopic (exact) mass is 433 g/mol. The molecular weight excluding hydrogens is 402 g/mol. The van der Waals surface area contributed by atoms with E-state index in [4.69, 9.17) is 0 Å². The topological polar surface area (TPSA) is 78.5 Å². The summed E-state index contributed by atoms with van der Waals surface area (Å²) in [4.78, 5) is 39.8. The quantitative estimate of drug-likeness (QED) is 0.740. The van der Waals surface area contributed by atoms with Gasteiger partial charge in [0.2, 0.25) is 5.91 Å². The van der Waals surface area contributed by atoms with E-state index < -0.39 is 0 Å². The van der Waals surface area contributed by atoms with Crippen molar-refractivity contribution in [2.24, 2.45) is 5.92 Å². The lowest BCUT2D eigenvalue weighted by Crippen LogP contribution is -2.47. The molecule has 1 unspecified atom stereocenters. The SMILES string of the molecule is O=C(Nc1ccc(C(=O)N2CCCC(C(=O)NC3CCCCC3)C2)cc1)c1ccccc1. The van der Waals surface area contributed by atoms with Crippen LogP contribution in [0.4, 0.5) is 5.69 Å². The molecule has 6 heteroatoms. The lowest BCUT2D eigenvalue weighted by molar-refractivity contribution is -0.127. The third-order valence-electron chi connectivity index (χ3n) is 6.46. The molecule has 0 bridgehead atoms. The van der Waals surface area contributed by atoms with Gasteiger partial charge in [0, 0.05) is 35.9 Å². The standard InChI is InChI=1S/C26H31N3O3/c30-24(19-8-3-1-4-9-19)28-23-15-13-20(14-16-23)26(32)29-17-7-10-21(18-29)25(31)27-22-11-5-2-6-12-22/h1,3-4,8-9,13-16,21-22H,2,5-7,10-12,17-18H2,(H,27,31)(H,28,30). The predicted molar refractivity (Wildman–Crippen MR) is 124 cm³/mol. The van der Waals surface area contributed by atoms with E-state index >= 15 is 0 Å². The highest BCUT2D eigenvalue weighted by atomic mass is 16.2. The Kier molecular flexibility index (Phi) is 7.20. The van der Waals surface area contributed by atoms with Crippen molar-refractivity contribution in [3.63, 3.8) is 0 Å². The third kappa shape index (κ3) is 5.55. The second kappa shape index (κ2) is 10.4.